The quantitative estimate of drug-likeness (QED) is 0.0135. The third kappa shape index (κ3) is 39.9. The number of nitrogens with zero attached hydrogens (tertiary/aromatic N) is 2. The predicted octanol–water partition coefficient (Wildman–Crippen LogP) is -2.05. The Morgan fingerprint density at radius 1 is 0.470 bits per heavy atom. The Labute approximate surface area is 489 Å². The third-order valence-electron chi connectivity index (χ3n) is 13.3. The van der Waals surface area contributed by atoms with E-state index in [9.17, 15) is 53.6 Å². The zero-order valence-electron chi connectivity index (χ0n) is 50.4. The molecule has 9 amide bonds. The number of nitrogens with two attached hydrogens (primary N) is 2. The minimum absolute atomic E-state index is 0.00736. The lowest BCUT2D eigenvalue weighted by molar-refractivity contribution is -0.136. The van der Waals surface area contributed by atoms with Crippen LogP contribution in [0.1, 0.15) is 138 Å². The van der Waals surface area contributed by atoms with E-state index in [0.29, 0.717) is 69.5 Å². The highest BCUT2D eigenvalue weighted by molar-refractivity contribution is 5.91. The number of rotatable bonds is 52. The van der Waals surface area contributed by atoms with Crippen LogP contribution in [0.3, 0.4) is 0 Å². The first-order valence-electron chi connectivity index (χ1n) is 28.5. The number of hydrogen-bond acceptors (Lipinski definition) is 21. The first-order chi connectivity index (χ1) is 39.4. The van der Waals surface area contributed by atoms with Crippen molar-refractivity contribution < 1.29 is 72.6 Å². The second-order valence-electron chi connectivity index (χ2n) is 20.9. The molecule has 0 heterocycles. The Morgan fingerprint density at radius 3 is 1.36 bits per heavy atom. The fourth-order valence-corrected chi connectivity index (χ4v) is 7.45. The molecule has 0 bridgehead atoms. The van der Waals surface area contributed by atoms with Crippen molar-refractivity contribution in [2.75, 3.05) is 99.6 Å². The molecule has 0 aromatic heterocycles. The normalized spacial score (nSPS) is 13.1. The number of carbonyl (C=O) groups is 9. The number of carbonyl (C=O) groups excluding carboxylic acids is 9. The van der Waals surface area contributed by atoms with E-state index in [1.165, 1.54) is 0 Å². The van der Waals surface area contributed by atoms with Crippen LogP contribution >= 0.6 is 0 Å². The number of primary amides is 2. The molecule has 0 aliphatic heterocycles. The molecule has 30 heteroatoms. The molecule has 3 atom stereocenters. The Morgan fingerprint density at radius 2 is 0.880 bits per heavy atom. The van der Waals surface area contributed by atoms with Gasteiger partial charge in [-0.15, -0.1) is 0 Å². The van der Waals surface area contributed by atoms with Gasteiger partial charge in [-0.3, -0.25) is 48.0 Å². The smallest absolute Gasteiger partial charge is 0.246 e. The van der Waals surface area contributed by atoms with Gasteiger partial charge in [0.25, 0.3) is 0 Å². The average Bonchev–Trinajstić information content (AvgIpc) is 3.44. The summed E-state index contributed by atoms with van der Waals surface area (Å²) in [5.74, 6) is -3.40. The Balaban J connectivity index is 4.67. The first kappa shape index (κ1) is 76.9. The van der Waals surface area contributed by atoms with Crippen LogP contribution in [0.5, 0.6) is 0 Å². The Hall–Kier alpha value is -6.15. The molecular weight excluding hydrogens is 1090 g/mol. The van der Waals surface area contributed by atoms with Crippen molar-refractivity contribution in [2.45, 2.75) is 173 Å². The number of hydrogen-bond donors (Lipinski definition) is 15. The van der Waals surface area contributed by atoms with Crippen molar-refractivity contribution in [3.63, 3.8) is 0 Å². The van der Waals surface area contributed by atoms with Gasteiger partial charge in [0.05, 0.1) is 73.7 Å². The highest BCUT2D eigenvalue weighted by atomic mass is 16.7. The summed E-state index contributed by atoms with van der Waals surface area (Å²) in [5.41, 5.74) is 12.4. The van der Waals surface area contributed by atoms with Crippen LogP contribution in [0.2, 0.25) is 0 Å². The molecule has 0 aromatic carbocycles. The molecule has 0 rings (SSSR count). The van der Waals surface area contributed by atoms with E-state index >= 15 is 0 Å². The third-order valence-corrected chi connectivity index (χ3v) is 13.3. The van der Waals surface area contributed by atoms with Gasteiger partial charge in [0.15, 0.2) is 0 Å². The highest BCUT2D eigenvalue weighted by Crippen LogP contribution is 2.10. The van der Waals surface area contributed by atoms with E-state index in [1.807, 2.05) is 27.7 Å². The molecule has 0 fully saturated rings. The summed E-state index contributed by atoms with van der Waals surface area (Å²) >= 11 is 0. The standard InChI is InChI=1S/C53H101N15O15/c1-37(66-78)52(3,4)62-33-39(34-63-53(5,6)38(2)67-79)64-44(70)21-16-22-45(71)65-42(51(77)61-26-14-10-18-41(57-8)50(55)76)19-11-13-24-58-43(69)20-15-23-46(72)68-83-32-31-82-36-48(74)60-27-28-80-29-30-81-35-47(73)59-25-12-9-17-40(56-7)49(54)75/h39-42,56-57,62-63,78-79H,9-36H2,1-8H3,(H2,54,75)(H2,55,76)(H,58,69)(H,59,73)(H,60,74)(H,61,77)(H,64,70)(H,65,71)(H,68,72)/b66-37+,67-38+/t40-,41?,42-/m0/s1. The zero-order valence-corrected chi connectivity index (χ0v) is 50.4. The zero-order chi connectivity index (χ0) is 62.5. The molecule has 0 radical (unpaired) electrons. The number of hydroxylamine groups is 1. The van der Waals surface area contributed by atoms with Crippen molar-refractivity contribution in [1.29, 1.82) is 0 Å². The average molecular weight is 1190 g/mol. The monoisotopic (exact) mass is 1190 g/mol. The molecule has 17 N–H and O–H groups in total. The van der Waals surface area contributed by atoms with E-state index in [-0.39, 0.29) is 141 Å². The van der Waals surface area contributed by atoms with Crippen molar-refractivity contribution in [3.05, 3.63) is 0 Å². The molecule has 1 unspecified atom stereocenters. The Kier molecular flexibility index (Phi) is 42.8. The van der Waals surface area contributed by atoms with Gasteiger partial charge in [-0.25, -0.2) is 5.48 Å². The van der Waals surface area contributed by atoms with Crippen molar-refractivity contribution >= 4 is 64.6 Å². The fraction of sp³-hybridized carbons (Fsp3) is 0.792. The number of ether oxygens (including phenoxy) is 3. The molecule has 83 heavy (non-hydrogen) atoms. The molecular formula is C53H101N15O15. The van der Waals surface area contributed by atoms with Gasteiger partial charge in [0.1, 0.15) is 19.3 Å². The maximum absolute atomic E-state index is 13.4. The predicted molar refractivity (Wildman–Crippen MR) is 310 cm³/mol. The summed E-state index contributed by atoms with van der Waals surface area (Å²) < 4.78 is 15.9. The van der Waals surface area contributed by atoms with Crippen molar-refractivity contribution in [2.24, 2.45) is 21.8 Å². The molecule has 0 saturated heterocycles. The molecule has 30 nitrogen and oxygen atoms in total. The van der Waals surface area contributed by atoms with Crippen LogP contribution in [0.15, 0.2) is 10.3 Å². The van der Waals surface area contributed by atoms with Gasteiger partial charge in [-0.2, -0.15) is 0 Å². The summed E-state index contributed by atoms with van der Waals surface area (Å²) in [6.45, 7) is 12.7. The highest BCUT2D eigenvalue weighted by Gasteiger charge is 2.28. The Bertz CT molecular complexity index is 1960. The van der Waals surface area contributed by atoms with Crippen LogP contribution < -0.4 is 70.1 Å². The molecule has 0 spiro atoms. The van der Waals surface area contributed by atoms with Gasteiger partial charge in [0, 0.05) is 65.0 Å². The summed E-state index contributed by atoms with van der Waals surface area (Å²) in [6, 6.07) is -2.24. The molecule has 0 aliphatic carbocycles. The van der Waals surface area contributed by atoms with Crippen LogP contribution in [0, 0.1) is 0 Å². The summed E-state index contributed by atoms with van der Waals surface area (Å²) in [4.78, 5) is 116. The number of nitrogens with one attached hydrogen (secondary N) is 11. The minimum Gasteiger partial charge on any atom is -0.411 e. The summed E-state index contributed by atoms with van der Waals surface area (Å²) in [5, 5.41) is 54.3. The largest absolute Gasteiger partial charge is 0.411 e. The second kappa shape index (κ2) is 46.3. The van der Waals surface area contributed by atoms with E-state index in [2.05, 4.69) is 69.0 Å². The minimum atomic E-state index is -0.901. The van der Waals surface area contributed by atoms with E-state index in [0.717, 1.165) is 6.42 Å². The first-order valence-corrected chi connectivity index (χ1v) is 28.5. The molecule has 478 valence electrons. The lowest BCUT2D eigenvalue weighted by Gasteiger charge is -2.32. The number of unbranched alkanes of at least 4 members (excludes halogenated alkanes) is 3. The van der Waals surface area contributed by atoms with E-state index in [1.54, 1.807) is 27.9 Å². The van der Waals surface area contributed by atoms with Crippen LogP contribution in [0.25, 0.3) is 0 Å². The molecule has 0 aliphatic rings. The fourth-order valence-electron chi connectivity index (χ4n) is 7.45. The maximum atomic E-state index is 13.4. The number of likely N-dealkylation sites (N-methyl/N-ethyl adjacent to an activating group) is 2. The summed E-state index contributed by atoms with van der Waals surface area (Å²) in [7, 11) is 3.30. The van der Waals surface area contributed by atoms with Crippen LogP contribution in [-0.2, 0) is 62.2 Å². The lowest BCUT2D eigenvalue weighted by atomic mass is 9.98. The molecule has 0 aromatic rings. The van der Waals surface area contributed by atoms with Crippen molar-refractivity contribution in [3.8, 4) is 0 Å². The lowest BCUT2D eigenvalue weighted by Crippen LogP contribution is -2.57. The van der Waals surface area contributed by atoms with Crippen LogP contribution in [-0.4, -0.2) is 210 Å². The van der Waals surface area contributed by atoms with Gasteiger partial charge in [-0.1, -0.05) is 10.3 Å². The van der Waals surface area contributed by atoms with Gasteiger partial charge >= 0.3 is 0 Å². The second-order valence-corrected chi connectivity index (χ2v) is 20.9. The van der Waals surface area contributed by atoms with E-state index < -0.39 is 64.8 Å². The topological polar surface area (TPSA) is 440 Å². The van der Waals surface area contributed by atoms with Gasteiger partial charge in [-0.05, 0) is 126 Å². The van der Waals surface area contributed by atoms with Crippen LogP contribution in [0.4, 0.5) is 0 Å². The van der Waals surface area contributed by atoms with Gasteiger partial charge in [0.2, 0.25) is 53.2 Å². The molecule has 0 saturated carbocycles. The van der Waals surface area contributed by atoms with E-state index in [4.69, 9.17) is 30.5 Å². The maximum Gasteiger partial charge on any atom is 0.246 e. The van der Waals surface area contributed by atoms with Gasteiger partial charge < -0.3 is 89.3 Å². The number of amides is 9. The summed E-state index contributed by atoms with van der Waals surface area (Å²) in [6.07, 6.45) is 5.33. The number of oxime groups is 2. The SMILES string of the molecule is CNC(CCCCNC(=O)[C@H](CCCCNC(=O)CCCC(=O)NOCCOCC(=O)NCCOCCOCC(=O)NCCCC[C@H](NC)C(N)=O)NC(=O)CCCC(=O)NC(CNC(C)(C)/C(C)=N/O)CNC(C)(C)/C(C)=N/O)C(N)=O. The van der Waals surface area contributed by atoms with Crippen molar-refractivity contribution in [1.82, 2.24) is 58.6 Å².